The third-order valence-corrected chi connectivity index (χ3v) is 6.17. The maximum Gasteiger partial charge on any atom is 0.265 e. The Kier molecular flexibility index (Phi) is 5.32. The molecule has 1 aliphatic heterocycles. The van der Waals surface area contributed by atoms with Crippen molar-refractivity contribution in [1.82, 2.24) is 0 Å². The third-order valence-electron chi connectivity index (χ3n) is 4.77. The molecule has 8 heteroatoms. The highest BCUT2D eigenvalue weighted by Gasteiger charge is 2.24. The van der Waals surface area contributed by atoms with Gasteiger partial charge in [0.25, 0.3) is 15.9 Å². The summed E-state index contributed by atoms with van der Waals surface area (Å²) in [5.41, 5.74) is 2.79. The van der Waals surface area contributed by atoms with Crippen molar-refractivity contribution < 1.29 is 22.7 Å². The minimum absolute atomic E-state index is 0.0351. The number of fused-ring (bicyclic) bond motifs is 2. The molecule has 0 aliphatic carbocycles. The van der Waals surface area contributed by atoms with Crippen molar-refractivity contribution in [3.05, 3.63) is 71.3 Å². The average molecular weight is 439 g/mol. The van der Waals surface area contributed by atoms with E-state index in [4.69, 9.17) is 9.47 Å². The van der Waals surface area contributed by atoms with Crippen LogP contribution in [0.3, 0.4) is 0 Å². The van der Waals surface area contributed by atoms with E-state index >= 15 is 0 Å². The van der Waals surface area contributed by atoms with Crippen LogP contribution in [0.15, 0.2) is 59.5 Å². The molecule has 31 heavy (non-hydrogen) atoms. The van der Waals surface area contributed by atoms with Gasteiger partial charge in [-0.05, 0) is 74.4 Å². The van der Waals surface area contributed by atoms with Gasteiger partial charge in [-0.2, -0.15) is 0 Å². The van der Waals surface area contributed by atoms with E-state index in [-0.39, 0.29) is 27.8 Å². The van der Waals surface area contributed by atoms with Crippen molar-refractivity contribution in [2.24, 2.45) is 0 Å². The van der Waals surface area contributed by atoms with E-state index in [2.05, 4.69) is 10.0 Å². The maximum absolute atomic E-state index is 13.1. The molecule has 0 aromatic heterocycles. The van der Waals surface area contributed by atoms with Gasteiger partial charge in [-0.3, -0.25) is 9.52 Å². The number of rotatable bonds is 5. The Bertz CT molecular complexity index is 1290. The summed E-state index contributed by atoms with van der Waals surface area (Å²) in [4.78, 5) is 12.8. The van der Waals surface area contributed by atoms with E-state index in [9.17, 15) is 13.2 Å². The van der Waals surface area contributed by atoms with Crippen LogP contribution in [0, 0.1) is 13.8 Å². The van der Waals surface area contributed by atoms with Gasteiger partial charge in [-0.25, -0.2) is 8.42 Å². The van der Waals surface area contributed by atoms with Crippen LogP contribution in [0.2, 0.25) is 0 Å². The molecule has 1 heterocycles. The number of amides is 1. The molecule has 3 aromatic rings. The van der Waals surface area contributed by atoms with Crippen molar-refractivity contribution in [3.63, 3.8) is 0 Å². The molecule has 0 bridgehead atoms. The van der Waals surface area contributed by atoms with Gasteiger partial charge < -0.3 is 14.8 Å². The highest BCUT2D eigenvalue weighted by Crippen LogP contribution is 2.37. The number of anilines is 2. The van der Waals surface area contributed by atoms with Crippen molar-refractivity contribution in [3.8, 4) is 17.2 Å². The number of ether oxygens (including phenoxy) is 2. The molecule has 0 fully saturated rings. The largest absolute Gasteiger partial charge is 0.492 e. The highest BCUT2D eigenvalue weighted by atomic mass is 32.2. The summed E-state index contributed by atoms with van der Waals surface area (Å²) in [6, 6.07) is 15.0. The molecule has 2 N–H and O–H groups in total. The molecule has 3 aromatic carbocycles. The minimum Gasteiger partial charge on any atom is -0.492 e. The zero-order chi connectivity index (χ0) is 22.2. The first-order valence-electron chi connectivity index (χ1n) is 9.77. The SMILES string of the molecule is CCOc1ccc(C)cc1S(=O)(=O)Nc1ccc2c(c1)C(=O)Nc1cc(C)ccc1O2. The van der Waals surface area contributed by atoms with Gasteiger partial charge in [0, 0.05) is 5.69 Å². The summed E-state index contributed by atoms with van der Waals surface area (Å²) in [5.74, 6) is 0.744. The summed E-state index contributed by atoms with van der Waals surface area (Å²) in [6.07, 6.45) is 0. The van der Waals surface area contributed by atoms with Gasteiger partial charge in [0.2, 0.25) is 0 Å². The first-order chi connectivity index (χ1) is 14.8. The van der Waals surface area contributed by atoms with Gasteiger partial charge in [0.05, 0.1) is 17.9 Å². The molecule has 7 nitrogen and oxygen atoms in total. The molecule has 0 saturated heterocycles. The quantitative estimate of drug-likeness (QED) is 0.593. The number of benzene rings is 3. The fraction of sp³-hybridized carbons (Fsp3) is 0.174. The molecule has 0 saturated carbocycles. The molecule has 0 radical (unpaired) electrons. The fourth-order valence-electron chi connectivity index (χ4n) is 3.31. The van der Waals surface area contributed by atoms with Gasteiger partial charge in [-0.1, -0.05) is 12.1 Å². The van der Waals surface area contributed by atoms with Crippen LogP contribution in [0.25, 0.3) is 0 Å². The van der Waals surface area contributed by atoms with E-state index < -0.39 is 10.0 Å². The van der Waals surface area contributed by atoms with Crippen molar-refractivity contribution in [2.75, 3.05) is 16.6 Å². The maximum atomic E-state index is 13.1. The van der Waals surface area contributed by atoms with E-state index in [1.54, 1.807) is 50.2 Å². The lowest BCUT2D eigenvalue weighted by atomic mass is 10.1. The highest BCUT2D eigenvalue weighted by molar-refractivity contribution is 7.92. The van der Waals surface area contributed by atoms with Gasteiger partial charge in [0.15, 0.2) is 5.75 Å². The Balaban J connectivity index is 1.68. The second kappa shape index (κ2) is 7.96. The molecular formula is C23H22N2O5S. The number of nitrogens with one attached hydrogen (secondary N) is 2. The van der Waals surface area contributed by atoms with Gasteiger partial charge >= 0.3 is 0 Å². The first kappa shape index (κ1) is 20.7. The van der Waals surface area contributed by atoms with Crippen LogP contribution in [-0.4, -0.2) is 20.9 Å². The summed E-state index contributed by atoms with van der Waals surface area (Å²) < 4.78 is 40.0. The van der Waals surface area contributed by atoms with Crippen LogP contribution in [0.4, 0.5) is 11.4 Å². The number of carbonyl (C=O) groups is 1. The number of hydrogen-bond acceptors (Lipinski definition) is 5. The lowest BCUT2D eigenvalue weighted by Gasteiger charge is -2.14. The zero-order valence-corrected chi connectivity index (χ0v) is 18.2. The zero-order valence-electron chi connectivity index (χ0n) is 17.4. The smallest absolute Gasteiger partial charge is 0.265 e. The van der Waals surface area contributed by atoms with Gasteiger partial charge in [0.1, 0.15) is 16.4 Å². The lowest BCUT2D eigenvalue weighted by Crippen LogP contribution is -2.16. The molecule has 1 aliphatic rings. The second-order valence-corrected chi connectivity index (χ2v) is 8.91. The van der Waals surface area contributed by atoms with Gasteiger partial charge in [-0.15, -0.1) is 0 Å². The van der Waals surface area contributed by atoms with Crippen molar-refractivity contribution in [2.45, 2.75) is 25.7 Å². The topological polar surface area (TPSA) is 93.7 Å². The first-order valence-corrected chi connectivity index (χ1v) is 11.3. The predicted molar refractivity (Wildman–Crippen MR) is 119 cm³/mol. The van der Waals surface area contributed by atoms with Crippen LogP contribution in [0.5, 0.6) is 17.2 Å². The summed E-state index contributed by atoms with van der Waals surface area (Å²) >= 11 is 0. The second-order valence-electron chi connectivity index (χ2n) is 7.26. The number of sulfonamides is 1. The number of carbonyl (C=O) groups excluding carboxylic acids is 1. The Morgan fingerprint density at radius 3 is 2.45 bits per heavy atom. The summed E-state index contributed by atoms with van der Waals surface area (Å²) in [5, 5.41) is 2.81. The molecule has 0 unspecified atom stereocenters. The predicted octanol–water partition coefficient (Wildman–Crippen LogP) is 4.86. The Morgan fingerprint density at radius 2 is 1.68 bits per heavy atom. The molecule has 160 valence electrons. The Morgan fingerprint density at radius 1 is 0.968 bits per heavy atom. The molecule has 0 spiro atoms. The van der Waals surface area contributed by atoms with E-state index in [1.165, 1.54) is 6.07 Å². The van der Waals surface area contributed by atoms with Crippen molar-refractivity contribution >= 4 is 27.3 Å². The average Bonchev–Trinajstić information content (AvgIpc) is 2.85. The van der Waals surface area contributed by atoms with Crippen LogP contribution in [0.1, 0.15) is 28.4 Å². The number of aryl methyl sites for hydroxylation is 2. The van der Waals surface area contributed by atoms with Crippen LogP contribution in [-0.2, 0) is 10.0 Å². The van der Waals surface area contributed by atoms with Crippen LogP contribution >= 0.6 is 0 Å². The lowest BCUT2D eigenvalue weighted by molar-refractivity contribution is 0.102. The standard InChI is InChI=1S/C23H22N2O5S/c1-4-29-21-9-6-15(3)12-22(21)31(27,28)25-16-7-10-19-17(13-16)23(26)24-18-11-14(2)5-8-20(18)30-19/h5-13,25H,4H2,1-3H3,(H,24,26). The molecular weight excluding hydrogens is 416 g/mol. The Hall–Kier alpha value is -3.52. The molecule has 1 amide bonds. The number of hydrogen-bond donors (Lipinski definition) is 2. The fourth-order valence-corrected chi connectivity index (χ4v) is 4.59. The Labute approximate surface area is 181 Å². The minimum atomic E-state index is -3.95. The summed E-state index contributed by atoms with van der Waals surface area (Å²) in [6.45, 7) is 5.84. The normalized spacial score (nSPS) is 12.7. The van der Waals surface area contributed by atoms with Crippen LogP contribution < -0.4 is 19.5 Å². The van der Waals surface area contributed by atoms with E-state index in [0.717, 1.165) is 11.1 Å². The monoisotopic (exact) mass is 438 g/mol. The van der Waals surface area contributed by atoms with E-state index in [0.29, 0.717) is 23.8 Å². The third kappa shape index (κ3) is 4.20. The molecule has 4 rings (SSSR count). The summed E-state index contributed by atoms with van der Waals surface area (Å²) in [7, 11) is -3.95. The van der Waals surface area contributed by atoms with E-state index in [1.807, 2.05) is 19.1 Å². The van der Waals surface area contributed by atoms with Crippen molar-refractivity contribution in [1.29, 1.82) is 0 Å². The molecule has 0 atom stereocenters.